The van der Waals surface area contributed by atoms with Crippen LogP contribution in [0.5, 0.6) is 0 Å². The van der Waals surface area contributed by atoms with E-state index in [-0.39, 0.29) is 11.8 Å². The molecule has 0 aliphatic rings. The first-order valence-electron chi connectivity index (χ1n) is 8.30. The van der Waals surface area contributed by atoms with Crippen molar-refractivity contribution in [2.75, 3.05) is 11.9 Å². The maximum absolute atomic E-state index is 11.9. The number of esters is 1. The number of nitrogens with two attached hydrogens (primary N) is 1. The number of nitrogens with zero attached hydrogens (tertiary/aromatic N) is 2. The van der Waals surface area contributed by atoms with Crippen LogP contribution in [0.2, 0.25) is 0 Å². The molecule has 7 heteroatoms. The number of hydrogen-bond acceptors (Lipinski definition) is 5. The van der Waals surface area contributed by atoms with Gasteiger partial charge in [0.1, 0.15) is 11.7 Å². The Balaban J connectivity index is 1.78. The summed E-state index contributed by atoms with van der Waals surface area (Å²) in [6, 6.07) is 12.7. The minimum Gasteiger partial charge on any atom is -0.462 e. The van der Waals surface area contributed by atoms with Crippen molar-refractivity contribution in [2.24, 2.45) is 12.8 Å². The monoisotopic (exact) mass is 351 g/mol. The smallest absolute Gasteiger partial charge is 0.338 e. The zero-order valence-corrected chi connectivity index (χ0v) is 14.7. The third-order valence-corrected chi connectivity index (χ3v) is 4.13. The van der Waals surface area contributed by atoms with Crippen LogP contribution in [-0.2, 0) is 18.3 Å². The largest absolute Gasteiger partial charge is 0.462 e. The predicted octanol–water partition coefficient (Wildman–Crippen LogP) is 2.65. The topological polar surface area (TPSA) is 106 Å². The van der Waals surface area contributed by atoms with Crippen LogP contribution in [0.15, 0.2) is 42.5 Å². The molecule has 1 aromatic heterocycles. The Bertz CT molecular complexity index is 960. The molecule has 134 valence electrons. The highest BCUT2D eigenvalue weighted by molar-refractivity contribution is 5.95. The van der Waals surface area contributed by atoms with Crippen molar-refractivity contribution in [1.82, 2.24) is 9.55 Å². The van der Waals surface area contributed by atoms with Crippen LogP contribution >= 0.6 is 0 Å². The molecule has 7 nitrogen and oxygen atoms in total. The molecule has 0 spiro atoms. The van der Waals surface area contributed by atoms with Gasteiger partial charge in [-0.25, -0.2) is 9.78 Å². The number of ether oxygens (including phenoxy) is 1. The van der Waals surface area contributed by atoms with Crippen molar-refractivity contribution in [1.29, 1.82) is 5.41 Å². The normalized spacial score (nSPS) is 10.7. The summed E-state index contributed by atoms with van der Waals surface area (Å²) in [6.45, 7) is 2.65. The zero-order chi connectivity index (χ0) is 18.7. The van der Waals surface area contributed by atoms with Crippen LogP contribution in [-0.4, -0.2) is 28.0 Å². The predicted molar refractivity (Wildman–Crippen MR) is 101 cm³/mol. The molecule has 0 radical (unpaired) electrons. The molecule has 0 saturated heterocycles. The number of fused-ring (bicyclic) bond motifs is 1. The van der Waals surface area contributed by atoms with Gasteiger partial charge in [0.25, 0.3) is 0 Å². The lowest BCUT2D eigenvalue weighted by Gasteiger charge is -2.07. The molecule has 0 amide bonds. The molecular weight excluding hydrogens is 330 g/mol. The Hall–Kier alpha value is -3.35. The molecule has 1 heterocycles. The summed E-state index contributed by atoms with van der Waals surface area (Å²) < 4.78 is 7.02. The van der Waals surface area contributed by atoms with Crippen LogP contribution in [0.3, 0.4) is 0 Å². The average Bonchev–Trinajstić information content (AvgIpc) is 2.96. The second kappa shape index (κ2) is 7.26. The molecule has 2 aromatic carbocycles. The van der Waals surface area contributed by atoms with Gasteiger partial charge in [0.2, 0.25) is 0 Å². The second-order valence-corrected chi connectivity index (χ2v) is 5.86. The van der Waals surface area contributed by atoms with E-state index in [4.69, 9.17) is 15.9 Å². The summed E-state index contributed by atoms with van der Waals surface area (Å²) in [5.74, 6) is 0.547. The molecule has 3 aromatic rings. The van der Waals surface area contributed by atoms with Crippen LogP contribution in [0.4, 0.5) is 5.69 Å². The molecule has 0 saturated carbocycles. The van der Waals surface area contributed by atoms with E-state index in [9.17, 15) is 4.79 Å². The van der Waals surface area contributed by atoms with E-state index in [0.717, 1.165) is 22.5 Å². The van der Waals surface area contributed by atoms with Crippen molar-refractivity contribution in [2.45, 2.75) is 13.5 Å². The summed E-state index contributed by atoms with van der Waals surface area (Å²) in [6.07, 6.45) is 0. The quantitative estimate of drug-likeness (QED) is 0.360. The van der Waals surface area contributed by atoms with Crippen molar-refractivity contribution in [3.05, 3.63) is 59.4 Å². The Morgan fingerprint density at radius 2 is 1.92 bits per heavy atom. The van der Waals surface area contributed by atoms with E-state index in [2.05, 4.69) is 10.3 Å². The molecule has 4 N–H and O–H groups in total. The number of amidine groups is 1. The summed E-state index contributed by atoms with van der Waals surface area (Å²) in [4.78, 5) is 16.5. The molecule has 0 fully saturated rings. The third kappa shape index (κ3) is 3.51. The third-order valence-electron chi connectivity index (χ3n) is 4.13. The Morgan fingerprint density at radius 3 is 2.58 bits per heavy atom. The van der Waals surface area contributed by atoms with Gasteiger partial charge in [-0.05, 0) is 49.4 Å². The molecule has 26 heavy (non-hydrogen) atoms. The Morgan fingerprint density at radius 1 is 1.23 bits per heavy atom. The van der Waals surface area contributed by atoms with Crippen molar-refractivity contribution in [3.63, 3.8) is 0 Å². The number of anilines is 1. The minimum atomic E-state index is -0.342. The fraction of sp³-hybridized carbons (Fsp3) is 0.211. The van der Waals surface area contributed by atoms with E-state index in [1.54, 1.807) is 31.2 Å². The summed E-state index contributed by atoms with van der Waals surface area (Å²) >= 11 is 0. The number of rotatable bonds is 6. The number of imidazole rings is 1. The summed E-state index contributed by atoms with van der Waals surface area (Å²) in [5, 5.41) is 10.7. The summed E-state index contributed by atoms with van der Waals surface area (Å²) in [5.41, 5.74) is 9.25. The van der Waals surface area contributed by atoms with Crippen LogP contribution < -0.4 is 11.1 Å². The number of nitrogens with one attached hydrogen (secondary N) is 2. The van der Waals surface area contributed by atoms with Gasteiger partial charge in [-0.15, -0.1) is 0 Å². The number of aryl methyl sites for hydroxylation is 1. The molecule has 0 unspecified atom stereocenters. The zero-order valence-electron chi connectivity index (χ0n) is 14.7. The SMILES string of the molecule is CCOC(=O)c1ccc2c(c1)nc(CNc1ccc(C(=N)N)cc1)n2C. The molecular formula is C19H21N5O2. The highest BCUT2D eigenvalue weighted by atomic mass is 16.5. The first-order chi connectivity index (χ1) is 12.5. The number of carbonyl (C=O) groups excluding carboxylic acids is 1. The standard InChI is InChI=1S/C19H21N5O2/c1-3-26-19(25)13-6-9-16-15(10-13)23-17(24(16)2)11-22-14-7-4-12(5-8-14)18(20)21/h4-10,22H,3,11H2,1-2H3,(H3,20,21). The molecule has 0 bridgehead atoms. The van der Waals surface area contributed by atoms with Gasteiger partial charge in [0, 0.05) is 18.3 Å². The first-order valence-corrected chi connectivity index (χ1v) is 8.30. The van der Waals surface area contributed by atoms with E-state index in [1.807, 2.05) is 29.8 Å². The highest BCUT2D eigenvalue weighted by Gasteiger charge is 2.12. The number of carbonyl (C=O) groups is 1. The molecule has 0 atom stereocenters. The first kappa shape index (κ1) is 17.5. The van der Waals surface area contributed by atoms with Gasteiger partial charge in [-0.2, -0.15) is 0 Å². The van der Waals surface area contributed by atoms with E-state index >= 15 is 0 Å². The van der Waals surface area contributed by atoms with Gasteiger partial charge in [-0.3, -0.25) is 5.41 Å². The lowest BCUT2D eigenvalue weighted by molar-refractivity contribution is 0.0526. The lowest BCUT2D eigenvalue weighted by atomic mass is 10.2. The molecule has 0 aliphatic heterocycles. The van der Waals surface area contributed by atoms with Gasteiger partial charge in [-0.1, -0.05) is 0 Å². The van der Waals surface area contributed by atoms with E-state index < -0.39 is 0 Å². The van der Waals surface area contributed by atoms with Gasteiger partial charge >= 0.3 is 5.97 Å². The van der Waals surface area contributed by atoms with Crippen LogP contribution in [0, 0.1) is 5.41 Å². The average molecular weight is 351 g/mol. The summed E-state index contributed by atoms with van der Waals surface area (Å²) in [7, 11) is 1.94. The lowest BCUT2D eigenvalue weighted by Crippen LogP contribution is -2.11. The maximum atomic E-state index is 11.9. The van der Waals surface area contributed by atoms with Crippen molar-refractivity contribution >= 4 is 28.5 Å². The highest BCUT2D eigenvalue weighted by Crippen LogP contribution is 2.19. The van der Waals surface area contributed by atoms with Crippen molar-refractivity contribution < 1.29 is 9.53 Å². The minimum absolute atomic E-state index is 0.0457. The number of benzene rings is 2. The number of aromatic nitrogens is 2. The number of hydrogen-bond donors (Lipinski definition) is 3. The van der Waals surface area contributed by atoms with E-state index in [0.29, 0.717) is 24.3 Å². The van der Waals surface area contributed by atoms with Gasteiger partial charge in [0.05, 0.1) is 29.7 Å². The van der Waals surface area contributed by atoms with Gasteiger partial charge in [0.15, 0.2) is 0 Å². The Kier molecular flexibility index (Phi) is 4.88. The molecule has 0 aliphatic carbocycles. The fourth-order valence-corrected chi connectivity index (χ4v) is 2.70. The van der Waals surface area contributed by atoms with Crippen LogP contribution in [0.25, 0.3) is 11.0 Å². The van der Waals surface area contributed by atoms with Crippen molar-refractivity contribution in [3.8, 4) is 0 Å². The number of nitrogen functional groups attached to an aromatic ring is 1. The van der Waals surface area contributed by atoms with Crippen LogP contribution in [0.1, 0.15) is 28.7 Å². The van der Waals surface area contributed by atoms with Gasteiger partial charge < -0.3 is 20.4 Å². The molecule has 3 rings (SSSR count). The second-order valence-electron chi connectivity index (χ2n) is 5.86. The maximum Gasteiger partial charge on any atom is 0.338 e. The van der Waals surface area contributed by atoms with E-state index in [1.165, 1.54) is 0 Å². The fourth-order valence-electron chi connectivity index (χ4n) is 2.70. The Labute approximate surface area is 151 Å².